The van der Waals surface area contributed by atoms with Crippen molar-refractivity contribution in [3.63, 3.8) is 0 Å². The summed E-state index contributed by atoms with van der Waals surface area (Å²) in [6.45, 7) is 1.21. The fraction of sp³-hybridized carbons (Fsp3) is 0.462. The van der Waals surface area contributed by atoms with E-state index in [9.17, 15) is 9.59 Å². The maximum atomic E-state index is 12.3. The SMILES string of the molecule is COC(=O)c1cccc(C(=O)N2CCC[C@H](N)C2)n1. The van der Waals surface area contributed by atoms with E-state index in [2.05, 4.69) is 9.72 Å². The van der Waals surface area contributed by atoms with Crippen LogP contribution >= 0.6 is 0 Å². The van der Waals surface area contributed by atoms with Crippen LogP contribution in [0.1, 0.15) is 33.8 Å². The van der Waals surface area contributed by atoms with E-state index in [1.54, 1.807) is 17.0 Å². The molecule has 1 atom stereocenters. The molecule has 1 aliphatic rings. The fourth-order valence-electron chi connectivity index (χ4n) is 2.13. The monoisotopic (exact) mass is 263 g/mol. The highest BCUT2D eigenvalue weighted by atomic mass is 16.5. The first-order chi connectivity index (χ1) is 9.11. The third-order valence-electron chi connectivity index (χ3n) is 3.11. The molecular formula is C13H17N3O3. The van der Waals surface area contributed by atoms with Crippen molar-refractivity contribution in [2.24, 2.45) is 5.73 Å². The van der Waals surface area contributed by atoms with Crippen LogP contribution < -0.4 is 5.73 Å². The highest BCUT2D eigenvalue weighted by Gasteiger charge is 2.23. The quantitative estimate of drug-likeness (QED) is 0.782. The molecule has 0 aromatic carbocycles. The second-order valence-electron chi connectivity index (χ2n) is 4.55. The van der Waals surface area contributed by atoms with Gasteiger partial charge in [-0.2, -0.15) is 0 Å². The van der Waals surface area contributed by atoms with Gasteiger partial charge in [0.25, 0.3) is 5.91 Å². The largest absolute Gasteiger partial charge is 0.464 e. The zero-order valence-electron chi connectivity index (χ0n) is 10.8. The number of rotatable bonds is 2. The number of amides is 1. The number of carbonyl (C=O) groups excluding carboxylic acids is 2. The van der Waals surface area contributed by atoms with Crippen LogP contribution in [-0.2, 0) is 4.74 Å². The summed E-state index contributed by atoms with van der Waals surface area (Å²) >= 11 is 0. The summed E-state index contributed by atoms with van der Waals surface area (Å²) in [7, 11) is 1.28. The Morgan fingerprint density at radius 3 is 2.84 bits per heavy atom. The molecule has 1 aliphatic heterocycles. The van der Waals surface area contributed by atoms with Gasteiger partial charge in [0.1, 0.15) is 11.4 Å². The molecule has 0 bridgehead atoms. The lowest BCUT2D eigenvalue weighted by Crippen LogP contribution is -2.46. The molecule has 1 saturated heterocycles. The lowest BCUT2D eigenvalue weighted by atomic mass is 10.1. The third-order valence-corrected chi connectivity index (χ3v) is 3.11. The van der Waals surface area contributed by atoms with Gasteiger partial charge in [0.15, 0.2) is 0 Å². The van der Waals surface area contributed by atoms with Crippen molar-refractivity contribution < 1.29 is 14.3 Å². The van der Waals surface area contributed by atoms with Crippen LogP contribution in [0.4, 0.5) is 0 Å². The number of nitrogens with two attached hydrogens (primary N) is 1. The van der Waals surface area contributed by atoms with E-state index < -0.39 is 5.97 Å². The third kappa shape index (κ3) is 3.08. The van der Waals surface area contributed by atoms with Gasteiger partial charge in [0.05, 0.1) is 7.11 Å². The Balaban J connectivity index is 2.16. The van der Waals surface area contributed by atoms with Gasteiger partial charge in [0, 0.05) is 19.1 Å². The number of hydrogen-bond donors (Lipinski definition) is 1. The molecule has 1 aromatic heterocycles. The second-order valence-corrected chi connectivity index (χ2v) is 4.55. The minimum Gasteiger partial charge on any atom is -0.464 e. The Morgan fingerprint density at radius 2 is 2.16 bits per heavy atom. The number of methoxy groups -OCH3 is 1. The van der Waals surface area contributed by atoms with Crippen molar-refractivity contribution in [3.8, 4) is 0 Å². The first kappa shape index (κ1) is 13.5. The number of carbonyl (C=O) groups is 2. The molecule has 1 fully saturated rings. The van der Waals surface area contributed by atoms with E-state index >= 15 is 0 Å². The minimum absolute atomic E-state index is 0.0153. The Bertz CT molecular complexity index is 490. The summed E-state index contributed by atoms with van der Waals surface area (Å²) in [6, 6.07) is 4.75. The minimum atomic E-state index is -0.551. The van der Waals surface area contributed by atoms with Crippen molar-refractivity contribution in [1.82, 2.24) is 9.88 Å². The fourth-order valence-corrected chi connectivity index (χ4v) is 2.13. The highest BCUT2D eigenvalue weighted by Crippen LogP contribution is 2.12. The van der Waals surface area contributed by atoms with Gasteiger partial charge >= 0.3 is 5.97 Å². The maximum Gasteiger partial charge on any atom is 0.356 e. The molecule has 0 spiro atoms. The molecule has 19 heavy (non-hydrogen) atoms. The smallest absolute Gasteiger partial charge is 0.356 e. The van der Waals surface area contributed by atoms with Crippen LogP contribution in [0.25, 0.3) is 0 Å². The molecule has 2 heterocycles. The number of ether oxygens (including phenoxy) is 1. The summed E-state index contributed by atoms with van der Waals surface area (Å²) in [5.74, 6) is -0.745. The van der Waals surface area contributed by atoms with Gasteiger partial charge in [-0.25, -0.2) is 9.78 Å². The lowest BCUT2D eigenvalue weighted by molar-refractivity contribution is 0.0593. The Labute approximate surface area is 111 Å². The van der Waals surface area contributed by atoms with Crippen LogP contribution in [0.5, 0.6) is 0 Å². The van der Waals surface area contributed by atoms with E-state index in [1.165, 1.54) is 13.2 Å². The molecule has 6 heteroatoms. The van der Waals surface area contributed by atoms with Gasteiger partial charge < -0.3 is 15.4 Å². The molecule has 0 aliphatic carbocycles. The van der Waals surface area contributed by atoms with E-state index in [-0.39, 0.29) is 23.3 Å². The zero-order valence-corrected chi connectivity index (χ0v) is 10.8. The molecule has 0 radical (unpaired) electrons. The molecule has 0 saturated carbocycles. The van der Waals surface area contributed by atoms with Crippen LogP contribution in [0.3, 0.4) is 0 Å². The number of aromatic nitrogens is 1. The summed E-state index contributed by atoms with van der Waals surface area (Å²) in [4.78, 5) is 29.4. The lowest BCUT2D eigenvalue weighted by Gasteiger charge is -2.30. The van der Waals surface area contributed by atoms with E-state index in [0.717, 1.165) is 12.8 Å². The standard InChI is InChI=1S/C13H17N3O3/c1-19-13(18)11-6-2-5-10(15-11)12(17)16-7-3-4-9(14)8-16/h2,5-6,9H,3-4,7-8,14H2,1H3/t9-/m0/s1. The van der Waals surface area contributed by atoms with Crippen molar-refractivity contribution in [3.05, 3.63) is 29.6 Å². The van der Waals surface area contributed by atoms with Crippen LogP contribution in [0.15, 0.2) is 18.2 Å². The average Bonchev–Trinajstić information content (AvgIpc) is 2.45. The number of likely N-dealkylation sites (tertiary alicyclic amines) is 1. The summed E-state index contributed by atoms with van der Waals surface area (Å²) in [5.41, 5.74) is 6.23. The molecule has 6 nitrogen and oxygen atoms in total. The van der Waals surface area contributed by atoms with Gasteiger partial charge in [-0.05, 0) is 25.0 Å². The zero-order chi connectivity index (χ0) is 13.8. The van der Waals surface area contributed by atoms with Crippen molar-refractivity contribution in [2.45, 2.75) is 18.9 Å². The molecule has 1 amide bonds. The summed E-state index contributed by atoms with van der Waals surface area (Å²) < 4.78 is 4.59. The normalized spacial score (nSPS) is 19.1. The first-order valence-corrected chi connectivity index (χ1v) is 6.22. The molecule has 102 valence electrons. The van der Waals surface area contributed by atoms with Gasteiger partial charge in [-0.1, -0.05) is 6.07 Å². The van der Waals surface area contributed by atoms with Crippen LogP contribution in [0.2, 0.25) is 0 Å². The van der Waals surface area contributed by atoms with Crippen molar-refractivity contribution in [1.29, 1.82) is 0 Å². The highest BCUT2D eigenvalue weighted by molar-refractivity contribution is 5.94. The molecule has 2 N–H and O–H groups in total. The van der Waals surface area contributed by atoms with Crippen molar-refractivity contribution >= 4 is 11.9 Å². The molecule has 2 rings (SSSR count). The maximum absolute atomic E-state index is 12.3. The van der Waals surface area contributed by atoms with Crippen LogP contribution in [-0.4, -0.2) is 48.0 Å². The number of esters is 1. The predicted octanol–water partition coefficient (Wildman–Crippen LogP) is 0.431. The molecule has 1 aromatic rings. The van der Waals surface area contributed by atoms with E-state index in [1.807, 2.05) is 0 Å². The Hall–Kier alpha value is -1.95. The predicted molar refractivity (Wildman–Crippen MR) is 68.7 cm³/mol. The Kier molecular flexibility index (Phi) is 4.11. The van der Waals surface area contributed by atoms with Crippen molar-refractivity contribution in [2.75, 3.05) is 20.2 Å². The van der Waals surface area contributed by atoms with Gasteiger partial charge in [-0.15, -0.1) is 0 Å². The van der Waals surface area contributed by atoms with E-state index in [0.29, 0.717) is 13.1 Å². The number of nitrogens with zero attached hydrogens (tertiary/aromatic N) is 2. The number of piperidine rings is 1. The Morgan fingerprint density at radius 1 is 1.42 bits per heavy atom. The van der Waals surface area contributed by atoms with Gasteiger partial charge in [-0.3, -0.25) is 4.79 Å². The summed E-state index contributed by atoms with van der Waals surface area (Å²) in [5, 5.41) is 0. The van der Waals surface area contributed by atoms with Gasteiger partial charge in [0.2, 0.25) is 0 Å². The molecule has 0 unspecified atom stereocenters. The van der Waals surface area contributed by atoms with E-state index in [4.69, 9.17) is 5.73 Å². The van der Waals surface area contributed by atoms with Crippen LogP contribution in [0, 0.1) is 0 Å². The first-order valence-electron chi connectivity index (χ1n) is 6.22. The second kappa shape index (κ2) is 5.79. The number of hydrogen-bond acceptors (Lipinski definition) is 5. The average molecular weight is 263 g/mol. The molecular weight excluding hydrogens is 246 g/mol. The number of pyridine rings is 1. The summed E-state index contributed by atoms with van der Waals surface area (Å²) in [6.07, 6.45) is 1.82. The topological polar surface area (TPSA) is 85.5 Å².